The van der Waals surface area contributed by atoms with E-state index >= 15 is 0 Å². The molecule has 0 N–H and O–H groups in total. The molecule has 0 atom stereocenters. The monoisotopic (exact) mass is 306 g/mol. The zero-order chi connectivity index (χ0) is 13.8. The molecule has 106 valence electrons. The molecule has 1 aliphatic rings. The Kier molecular flexibility index (Phi) is 4.42. The molecule has 20 heavy (non-hydrogen) atoms. The van der Waals surface area contributed by atoms with E-state index in [0.29, 0.717) is 0 Å². The van der Waals surface area contributed by atoms with Crippen LogP contribution in [0.1, 0.15) is 6.92 Å². The zero-order valence-electron chi connectivity index (χ0n) is 11.5. The number of benzene rings is 1. The average Bonchev–Trinajstić information content (AvgIpc) is 2.97. The number of piperazine rings is 1. The summed E-state index contributed by atoms with van der Waals surface area (Å²) in [6.45, 7) is 6.25. The molecule has 0 spiro atoms. The van der Waals surface area contributed by atoms with Crippen molar-refractivity contribution in [3.05, 3.63) is 30.3 Å². The molecule has 1 aliphatic heterocycles. The molecular formula is C14H18N4S2. The van der Waals surface area contributed by atoms with Crippen LogP contribution in [0.2, 0.25) is 0 Å². The maximum absolute atomic E-state index is 4.31. The van der Waals surface area contributed by atoms with Crippen LogP contribution in [0.15, 0.2) is 34.7 Å². The first-order chi connectivity index (χ1) is 9.86. The third-order valence-electron chi connectivity index (χ3n) is 3.34. The van der Waals surface area contributed by atoms with Crippen molar-refractivity contribution in [2.75, 3.05) is 41.7 Å². The smallest absolute Gasteiger partial charge is 0.209 e. The topological polar surface area (TPSA) is 32.3 Å². The van der Waals surface area contributed by atoms with E-state index in [0.717, 1.165) is 41.4 Å². The molecule has 3 rings (SSSR count). The van der Waals surface area contributed by atoms with Crippen molar-refractivity contribution in [1.29, 1.82) is 0 Å². The lowest BCUT2D eigenvalue weighted by Crippen LogP contribution is -2.46. The average molecular weight is 306 g/mol. The Balaban J connectivity index is 1.60. The van der Waals surface area contributed by atoms with Gasteiger partial charge in [0, 0.05) is 31.9 Å². The van der Waals surface area contributed by atoms with Gasteiger partial charge in [0.2, 0.25) is 5.13 Å². The third-order valence-corrected chi connectivity index (χ3v) is 5.33. The van der Waals surface area contributed by atoms with Gasteiger partial charge in [-0.1, -0.05) is 48.2 Å². The summed E-state index contributed by atoms with van der Waals surface area (Å²) in [7, 11) is 0. The van der Waals surface area contributed by atoms with Crippen LogP contribution in [0.5, 0.6) is 0 Å². The van der Waals surface area contributed by atoms with Crippen molar-refractivity contribution >= 4 is 33.9 Å². The predicted octanol–water partition coefficient (Wildman–Crippen LogP) is 2.98. The number of rotatable bonds is 4. The summed E-state index contributed by atoms with van der Waals surface area (Å²) >= 11 is 3.47. The van der Waals surface area contributed by atoms with Gasteiger partial charge in [-0.15, -0.1) is 10.2 Å². The fourth-order valence-corrected chi connectivity index (χ4v) is 4.10. The molecule has 2 heterocycles. The Hall–Kier alpha value is -1.27. The van der Waals surface area contributed by atoms with Crippen molar-refractivity contribution in [2.24, 2.45) is 0 Å². The van der Waals surface area contributed by atoms with E-state index in [1.165, 1.54) is 5.69 Å². The van der Waals surface area contributed by atoms with Gasteiger partial charge in [-0.2, -0.15) is 0 Å². The molecule has 0 saturated carbocycles. The lowest BCUT2D eigenvalue weighted by Gasteiger charge is -2.35. The van der Waals surface area contributed by atoms with Crippen LogP contribution in [0.3, 0.4) is 0 Å². The van der Waals surface area contributed by atoms with E-state index in [1.807, 2.05) is 0 Å². The SMILES string of the molecule is CCSc1nnc(N2CCN(c3ccccc3)CC2)s1. The van der Waals surface area contributed by atoms with Gasteiger partial charge in [-0.05, 0) is 17.9 Å². The molecule has 4 nitrogen and oxygen atoms in total. The van der Waals surface area contributed by atoms with Crippen LogP contribution in [0.4, 0.5) is 10.8 Å². The maximum atomic E-state index is 4.31. The first-order valence-electron chi connectivity index (χ1n) is 6.88. The Labute approximate surface area is 127 Å². The highest BCUT2D eigenvalue weighted by Gasteiger charge is 2.20. The van der Waals surface area contributed by atoms with E-state index in [1.54, 1.807) is 23.1 Å². The standard InChI is InChI=1S/C14H18N4S2/c1-2-19-14-16-15-13(20-14)18-10-8-17(9-11-18)12-6-4-3-5-7-12/h3-7H,2,8-11H2,1H3. The molecule has 1 aromatic carbocycles. The van der Waals surface area contributed by atoms with Gasteiger partial charge >= 0.3 is 0 Å². The number of nitrogens with zero attached hydrogens (tertiary/aromatic N) is 4. The summed E-state index contributed by atoms with van der Waals surface area (Å²) < 4.78 is 1.08. The minimum Gasteiger partial charge on any atom is -0.368 e. The third kappa shape index (κ3) is 3.07. The fourth-order valence-electron chi connectivity index (χ4n) is 2.31. The minimum absolute atomic E-state index is 1.01. The van der Waals surface area contributed by atoms with Crippen LogP contribution < -0.4 is 9.80 Å². The number of hydrogen-bond donors (Lipinski definition) is 0. The Morgan fingerprint density at radius 1 is 1.05 bits per heavy atom. The summed E-state index contributed by atoms with van der Waals surface area (Å²) in [6, 6.07) is 10.6. The van der Waals surface area contributed by atoms with Gasteiger partial charge in [0.1, 0.15) is 0 Å². The first-order valence-corrected chi connectivity index (χ1v) is 8.68. The summed E-state index contributed by atoms with van der Waals surface area (Å²) in [5.41, 5.74) is 1.31. The van der Waals surface area contributed by atoms with Crippen LogP contribution in [-0.2, 0) is 0 Å². The highest BCUT2D eigenvalue weighted by atomic mass is 32.2. The Morgan fingerprint density at radius 3 is 2.45 bits per heavy atom. The second-order valence-corrected chi connectivity index (χ2v) is 7.06. The minimum atomic E-state index is 1.01. The van der Waals surface area contributed by atoms with E-state index < -0.39 is 0 Å². The molecule has 0 radical (unpaired) electrons. The van der Waals surface area contributed by atoms with Crippen molar-refractivity contribution in [3.63, 3.8) is 0 Å². The number of thioether (sulfide) groups is 1. The summed E-state index contributed by atoms with van der Waals surface area (Å²) in [6.07, 6.45) is 0. The lowest BCUT2D eigenvalue weighted by atomic mass is 10.2. The quantitative estimate of drug-likeness (QED) is 0.811. The molecule has 6 heteroatoms. The molecule has 0 unspecified atom stereocenters. The number of hydrogen-bond acceptors (Lipinski definition) is 6. The van der Waals surface area contributed by atoms with E-state index in [9.17, 15) is 0 Å². The van der Waals surface area contributed by atoms with Crippen molar-refractivity contribution < 1.29 is 0 Å². The van der Waals surface area contributed by atoms with Gasteiger partial charge < -0.3 is 9.80 Å². The Bertz CT molecular complexity index is 535. The van der Waals surface area contributed by atoms with Crippen molar-refractivity contribution in [3.8, 4) is 0 Å². The van der Waals surface area contributed by atoms with Crippen LogP contribution in [0, 0.1) is 0 Å². The predicted molar refractivity (Wildman–Crippen MR) is 87.2 cm³/mol. The highest BCUT2D eigenvalue weighted by Crippen LogP contribution is 2.28. The van der Waals surface area contributed by atoms with Crippen LogP contribution >= 0.6 is 23.1 Å². The Morgan fingerprint density at radius 2 is 1.75 bits per heavy atom. The first kappa shape index (κ1) is 13.7. The van der Waals surface area contributed by atoms with Crippen LogP contribution in [0.25, 0.3) is 0 Å². The van der Waals surface area contributed by atoms with Gasteiger partial charge in [-0.25, -0.2) is 0 Å². The molecule has 0 aliphatic carbocycles. The zero-order valence-corrected chi connectivity index (χ0v) is 13.2. The van der Waals surface area contributed by atoms with Crippen molar-refractivity contribution in [2.45, 2.75) is 11.3 Å². The lowest BCUT2D eigenvalue weighted by molar-refractivity contribution is 0.649. The molecular weight excluding hydrogens is 288 g/mol. The molecule has 0 bridgehead atoms. The second kappa shape index (κ2) is 6.45. The van der Waals surface area contributed by atoms with Crippen LogP contribution in [-0.4, -0.2) is 42.1 Å². The van der Waals surface area contributed by atoms with Gasteiger partial charge in [0.15, 0.2) is 4.34 Å². The molecule has 1 aromatic heterocycles. The van der Waals surface area contributed by atoms with Gasteiger partial charge in [-0.3, -0.25) is 0 Å². The van der Waals surface area contributed by atoms with E-state index in [4.69, 9.17) is 0 Å². The molecule has 1 saturated heterocycles. The number of anilines is 2. The maximum Gasteiger partial charge on any atom is 0.209 e. The summed E-state index contributed by atoms with van der Waals surface area (Å²) in [4.78, 5) is 4.77. The number of para-hydroxylation sites is 1. The molecule has 2 aromatic rings. The van der Waals surface area contributed by atoms with E-state index in [2.05, 4.69) is 57.3 Å². The van der Waals surface area contributed by atoms with Gasteiger partial charge in [0.25, 0.3) is 0 Å². The normalized spacial score (nSPS) is 15.7. The van der Waals surface area contributed by atoms with Gasteiger partial charge in [0.05, 0.1) is 0 Å². The summed E-state index contributed by atoms with van der Waals surface area (Å²) in [5.74, 6) is 1.05. The molecule has 0 amide bonds. The highest BCUT2D eigenvalue weighted by molar-refractivity contribution is 8.01. The number of aromatic nitrogens is 2. The van der Waals surface area contributed by atoms with E-state index in [-0.39, 0.29) is 0 Å². The second-order valence-electron chi connectivity index (χ2n) is 4.59. The largest absolute Gasteiger partial charge is 0.368 e. The van der Waals surface area contributed by atoms with Crippen molar-refractivity contribution in [1.82, 2.24) is 10.2 Å². The summed E-state index contributed by atoms with van der Waals surface area (Å²) in [5, 5.41) is 9.61. The molecule has 1 fully saturated rings. The fraction of sp³-hybridized carbons (Fsp3) is 0.429.